The molecule has 1 aromatic rings. The highest BCUT2D eigenvalue weighted by Gasteiger charge is 2.19. The van der Waals surface area contributed by atoms with Crippen LogP contribution in [0.4, 0.5) is 0 Å². The number of aliphatic hydroxyl groups excluding tert-OH is 1. The lowest BCUT2D eigenvalue weighted by atomic mass is 10.1. The molecule has 0 spiro atoms. The minimum atomic E-state index is -0.526. The summed E-state index contributed by atoms with van der Waals surface area (Å²) in [5.74, 6) is 1.47. The molecule has 4 nitrogen and oxygen atoms in total. The van der Waals surface area contributed by atoms with Gasteiger partial charge in [-0.1, -0.05) is 6.07 Å². The molecule has 2 N–H and O–H groups in total. The van der Waals surface area contributed by atoms with Gasteiger partial charge in [0.05, 0.1) is 19.3 Å². The largest absolute Gasteiger partial charge is 0.493 e. The van der Waals surface area contributed by atoms with E-state index in [4.69, 9.17) is 9.47 Å². The Morgan fingerprint density at radius 2 is 2.05 bits per heavy atom. The molecular formula is C15H23NO3. The monoisotopic (exact) mass is 265 g/mol. The molecule has 0 radical (unpaired) electrons. The van der Waals surface area contributed by atoms with Crippen molar-refractivity contribution < 1.29 is 14.6 Å². The molecule has 1 aliphatic rings. The van der Waals surface area contributed by atoms with Crippen molar-refractivity contribution in [1.82, 2.24) is 5.32 Å². The predicted molar refractivity (Wildman–Crippen MR) is 74.8 cm³/mol. The van der Waals surface area contributed by atoms with Gasteiger partial charge in [-0.05, 0) is 50.4 Å². The average molecular weight is 265 g/mol. The first-order valence-electron chi connectivity index (χ1n) is 6.92. The lowest BCUT2D eigenvalue weighted by molar-refractivity contribution is 0.174. The molecule has 0 saturated heterocycles. The van der Waals surface area contributed by atoms with Crippen LogP contribution in [0.15, 0.2) is 18.2 Å². The second-order valence-corrected chi connectivity index (χ2v) is 5.01. The number of likely N-dealkylation sites (N-methyl/N-ethyl adjacent to an activating group) is 1. The summed E-state index contributed by atoms with van der Waals surface area (Å²) in [7, 11) is 3.46. The molecule has 0 aromatic heterocycles. The minimum absolute atomic E-state index is 0.283. The first-order chi connectivity index (χ1) is 9.24. The summed E-state index contributed by atoms with van der Waals surface area (Å²) in [6.45, 7) is 0.523. The molecule has 1 unspecified atom stereocenters. The van der Waals surface area contributed by atoms with Gasteiger partial charge in [0.15, 0.2) is 11.5 Å². The van der Waals surface area contributed by atoms with E-state index >= 15 is 0 Å². The van der Waals surface area contributed by atoms with Crippen molar-refractivity contribution in [3.05, 3.63) is 23.8 Å². The number of benzene rings is 1. The fraction of sp³-hybridized carbons (Fsp3) is 0.600. The Hall–Kier alpha value is -1.26. The van der Waals surface area contributed by atoms with E-state index in [0.717, 1.165) is 29.9 Å². The topological polar surface area (TPSA) is 50.7 Å². The molecule has 0 bridgehead atoms. The van der Waals surface area contributed by atoms with Gasteiger partial charge in [0, 0.05) is 6.54 Å². The van der Waals surface area contributed by atoms with Crippen LogP contribution in [0.1, 0.15) is 37.4 Å². The van der Waals surface area contributed by atoms with Crippen LogP contribution < -0.4 is 14.8 Å². The van der Waals surface area contributed by atoms with Gasteiger partial charge in [0.25, 0.3) is 0 Å². The molecule has 1 atom stereocenters. The highest BCUT2D eigenvalue weighted by molar-refractivity contribution is 5.43. The molecule has 19 heavy (non-hydrogen) atoms. The molecule has 1 fully saturated rings. The smallest absolute Gasteiger partial charge is 0.161 e. The zero-order chi connectivity index (χ0) is 13.7. The van der Waals surface area contributed by atoms with Crippen molar-refractivity contribution in [2.45, 2.75) is 37.9 Å². The Balaban J connectivity index is 2.15. The van der Waals surface area contributed by atoms with Crippen LogP contribution in [-0.4, -0.2) is 31.9 Å². The van der Waals surface area contributed by atoms with Crippen LogP contribution in [0.2, 0.25) is 0 Å². The van der Waals surface area contributed by atoms with Crippen molar-refractivity contribution in [2.24, 2.45) is 0 Å². The highest BCUT2D eigenvalue weighted by atomic mass is 16.5. The number of aliphatic hydroxyl groups is 1. The summed E-state index contributed by atoms with van der Waals surface area (Å²) in [6, 6.07) is 5.63. The van der Waals surface area contributed by atoms with Crippen molar-refractivity contribution in [1.29, 1.82) is 0 Å². The van der Waals surface area contributed by atoms with Crippen LogP contribution in [0.5, 0.6) is 11.5 Å². The summed E-state index contributed by atoms with van der Waals surface area (Å²) in [5, 5.41) is 13.0. The van der Waals surface area contributed by atoms with Gasteiger partial charge in [-0.25, -0.2) is 0 Å². The van der Waals surface area contributed by atoms with E-state index in [-0.39, 0.29) is 6.10 Å². The van der Waals surface area contributed by atoms with Crippen molar-refractivity contribution >= 4 is 0 Å². The van der Waals surface area contributed by atoms with Gasteiger partial charge < -0.3 is 19.9 Å². The Morgan fingerprint density at radius 1 is 1.32 bits per heavy atom. The maximum Gasteiger partial charge on any atom is 0.161 e. The molecule has 0 aliphatic heterocycles. The van der Waals surface area contributed by atoms with E-state index in [1.165, 1.54) is 12.8 Å². The fourth-order valence-electron chi connectivity index (χ4n) is 2.49. The maximum atomic E-state index is 10.0. The van der Waals surface area contributed by atoms with Gasteiger partial charge in [0.2, 0.25) is 0 Å². The van der Waals surface area contributed by atoms with E-state index in [1.807, 2.05) is 25.2 Å². The zero-order valence-corrected chi connectivity index (χ0v) is 11.7. The summed E-state index contributed by atoms with van der Waals surface area (Å²) in [4.78, 5) is 0. The Labute approximate surface area is 114 Å². The summed E-state index contributed by atoms with van der Waals surface area (Å²) >= 11 is 0. The summed E-state index contributed by atoms with van der Waals surface area (Å²) in [6.07, 6.45) is 4.43. The van der Waals surface area contributed by atoms with E-state index in [1.54, 1.807) is 7.11 Å². The predicted octanol–water partition coefficient (Wildman–Crippen LogP) is 2.27. The molecule has 1 aromatic carbocycles. The molecule has 1 aliphatic carbocycles. The second-order valence-electron chi connectivity index (χ2n) is 5.01. The Morgan fingerprint density at radius 3 is 2.68 bits per heavy atom. The van der Waals surface area contributed by atoms with Crippen molar-refractivity contribution in [2.75, 3.05) is 20.7 Å². The van der Waals surface area contributed by atoms with Gasteiger partial charge in [-0.15, -0.1) is 0 Å². The number of ether oxygens (including phenoxy) is 2. The minimum Gasteiger partial charge on any atom is -0.493 e. The van der Waals surface area contributed by atoms with E-state index in [2.05, 4.69) is 5.32 Å². The van der Waals surface area contributed by atoms with Gasteiger partial charge >= 0.3 is 0 Å². The molecule has 106 valence electrons. The quantitative estimate of drug-likeness (QED) is 0.828. The summed E-state index contributed by atoms with van der Waals surface area (Å²) < 4.78 is 11.3. The first-order valence-corrected chi connectivity index (χ1v) is 6.92. The normalized spacial score (nSPS) is 17.4. The van der Waals surface area contributed by atoms with Crippen LogP contribution in [-0.2, 0) is 0 Å². The number of rotatable bonds is 6. The molecule has 0 amide bonds. The molecule has 0 heterocycles. The van der Waals surface area contributed by atoms with Crippen molar-refractivity contribution in [3.63, 3.8) is 0 Å². The molecule has 1 saturated carbocycles. The third-order valence-corrected chi connectivity index (χ3v) is 3.57. The zero-order valence-electron chi connectivity index (χ0n) is 11.7. The van der Waals surface area contributed by atoms with Gasteiger partial charge in [-0.2, -0.15) is 0 Å². The van der Waals surface area contributed by atoms with Crippen LogP contribution in [0, 0.1) is 0 Å². The SMILES string of the molecule is CNCC(O)c1ccc(OC)c(OC2CCCC2)c1. The number of methoxy groups -OCH3 is 1. The van der Waals surface area contributed by atoms with E-state index in [0.29, 0.717) is 6.54 Å². The number of hydrogen-bond acceptors (Lipinski definition) is 4. The molecular weight excluding hydrogens is 242 g/mol. The Kier molecular flexibility index (Phi) is 5.05. The maximum absolute atomic E-state index is 10.0. The molecule has 4 heteroatoms. The molecule has 2 rings (SSSR count). The van der Waals surface area contributed by atoms with Crippen LogP contribution >= 0.6 is 0 Å². The van der Waals surface area contributed by atoms with E-state index in [9.17, 15) is 5.11 Å². The lowest BCUT2D eigenvalue weighted by Gasteiger charge is -2.18. The van der Waals surface area contributed by atoms with Gasteiger partial charge in [0.1, 0.15) is 0 Å². The fourth-order valence-corrected chi connectivity index (χ4v) is 2.49. The number of nitrogens with one attached hydrogen (secondary N) is 1. The lowest BCUT2D eigenvalue weighted by Crippen LogP contribution is -2.17. The van der Waals surface area contributed by atoms with E-state index < -0.39 is 6.10 Å². The standard InChI is InChI=1S/C15H23NO3/c1-16-10-13(17)11-7-8-14(18-2)15(9-11)19-12-5-3-4-6-12/h7-9,12-13,16-17H,3-6,10H2,1-2H3. The summed E-state index contributed by atoms with van der Waals surface area (Å²) in [5.41, 5.74) is 0.850. The van der Waals surface area contributed by atoms with Crippen LogP contribution in [0.25, 0.3) is 0 Å². The van der Waals surface area contributed by atoms with Gasteiger partial charge in [-0.3, -0.25) is 0 Å². The highest BCUT2D eigenvalue weighted by Crippen LogP contribution is 2.33. The number of hydrogen-bond donors (Lipinski definition) is 2. The first kappa shape index (κ1) is 14.2. The second kappa shape index (κ2) is 6.78. The van der Waals surface area contributed by atoms with Crippen LogP contribution in [0.3, 0.4) is 0 Å². The third kappa shape index (κ3) is 3.61. The Bertz CT molecular complexity index is 402. The van der Waals surface area contributed by atoms with Crippen molar-refractivity contribution in [3.8, 4) is 11.5 Å². The average Bonchev–Trinajstić information content (AvgIpc) is 2.92. The third-order valence-electron chi connectivity index (χ3n) is 3.57.